The van der Waals surface area contributed by atoms with Crippen LogP contribution in [0.1, 0.15) is 12.5 Å². The van der Waals surface area contributed by atoms with Crippen molar-refractivity contribution in [2.45, 2.75) is 13.0 Å². The third-order valence-corrected chi connectivity index (χ3v) is 3.60. The third-order valence-electron chi connectivity index (χ3n) is 3.36. The van der Waals surface area contributed by atoms with Gasteiger partial charge in [0.25, 0.3) is 5.91 Å². The Morgan fingerprint density at radius 1 is 1.25 bits per heavy atom. The van der Waals surface area contributed by atoms with Crippen molar-refractivity contribution in [3.63, 3.8) is 0 Å². The molecule has 2 aromatic carbocycles. The van der Waals surface area contributed by atoms with E-state index < -0.39 is 6.10 Å². The first-order chi connectivity index (χ1) is 11.4. The lowest BCUT2D eigenvalue weighted by Gasteiger charge is -2.20. The van der Waals surface area contributed by atoms with Gasteiger partial charge >= 0.3 is 0 Å². The lowest BCUT2D eigenvalue weighted by Crippen LogP contribution is -2.30. The number of carbonyl (C=O) groups is 1. The fourth-order valence-electron chi connectivity index (χ4n) is 2.10. The Kier molecular flexibility index (Phi) is 5.67. The second-order valence-corrected chi connectivity index (χ2v) is 5.88. The van der Waals surface area contributed by atoms with Gasteiger partial charge in [0.05, 0.1) is 23.0 Å². The van der Waals surface area contributed by atoms with Gasteiger partial charge in [0, 0.05) is 19.1 Å². The number of nitrogens with zero attached hydrogens (tertiary/aromatic N) is 2. The number of rotatable bonds is 5. The highest BCUT2D eigenvalue weighted by Gasteiger charge is 2.17. The number of nitriles is 1. The highest BCUT2D eigenvalue weighted by atomic mass is 35.5. The molecule has 0 aromatic heterocycles. The zero-order chi connectivity index (χ0) is 17.7. The van der Waals surface area contributed by atoms with Crippen LogP contribution in [0.15, 0.2) is 42.5 Å². The molecule has 1 atom stereocenters. The highest BCUT2D eigenvalue weighted by Crippen LogP contribution is 2.28. The molecule has 124 valence electrons. The summed E-state index contributed by atoms with van der Waals surface area (Å²) < 4.78 is 5.61. The molecule has 5 nitrogen and oxygen atoms in total. The van der Waals surface area contributed by atoms with Crippen molar-refractivity contribution in [2.75, 3.05) is 24.3 Å². The van der Waals surface area contributed by atoms with Crippen LogP contribution in [-0.4, -0.2) is 26.1 Å². The molecule has 1 amide bonds. The Morgan fingerprint density at radius 3 is 2.50 bits per heavy atom. The first-order valence-electron chi connectivity index (χ1n) is 7.35. The molecular formula is C18H18ClN3O2. The standard InChI is InChI=1S/C18H18ClN3O2/c1-12(24-15-7-4-13(11-20)5-8-15)18(23)21-16-10-14(19)6-9-17(16)22(2)3/h4-10,12H,1-3H3,(H,21,23). The fourth-order valence-corrected chi connectivity index (χ4v) is 2.27. The molecular weight excluding hydrogens is 326 g/mol. The maximum absolute atomic E-state index is 12.4. The number of nitrogens with one attached hydrogen (secondary N) is 1. The van der Waals surface area contributed by atoms with Gasteiger partial charge in [-0.1, -0.05) is 11.6 Å². The van der Waals surface area contributed by atoms with E-state index in [4.69, 9.17) is 21.6 Å². The Morgan fingerprint density at radius 2 is 1.92 bits per heavy atom. The molecule has 2 aromatic rings. The van der Waals surface area contributed by atoms with Gasteiger partial charge in [0.1, 0.15) is 5.75 Å². The molecule has 2 rings (SSSR count). The van der Waals surface area contributed by atoms with Crippen molar-refractivity contribution >= 4 is 28.9 Å². The van der Waals surface area contributed by atoms with Crippen molar-refractivity contribution in [1.82, 2.24) is 0 Å². The van der Waals surface area contributed by atoms with E-state index in [1.54, 1.807) is 43.3 Å². The summed E-state index contributed by atoms with van der Waals surface area (Å²) in [5, 5.41) is 12.2. The molecule has 0 radical (unpaired) electrons. The lowest BCUT2D eigenvalue weighted by atomic mass is 10.2. The van der Waals surface area contributed by atoms with Gasteiger partial charge in [-0.2, -0.15) is 5.26 Å². The Hall–Kier alpha value is -2.71. The molecule has 1 N–H and O–H groups in total. The van der Waals surface area contributed by atoms with Crippen LogP contribution in [0.4, 0.5) is 11.4 Å². The van der Waals surface area contributed by atoms with E-state index in [0.717, 1.165) is 5.69 Å². The lowest BCUT2D eigenvalue weighted by molar-refractivity contribution is -0.122. The van der Waals surface area contributed by atoms with E-state index in [1.807, 2.05) is 31.1 Å². The summed E-state index contributed by atoms with van der Waals surface area (Å²) >= 11 is 6.02. The predicted molar refractivity (Wildman–Crippen MR) is 95.7 cm³/mol. The van der Waals surface area contributed by atoms with Crippen LogP contribution >= 0.6 is 11.6 Å². The van der Waals surface area contributed by atoms with Crippen molar-refractivity contribution in [1.29, 1.82) is 5.26 Å². The Balaban J connectivity index is 2.08. The molecule has 0 spiro atoms. The molecule has 0 aliphatic carbocycles. The third kappa shape index (κ3) is 4.40. The van der Waals surface area contributed by atoms with Gasteiger partial charge in [0.2, 0.25) is 0 Å². The fraction of sp³-hybridized carbons (Fsp3) is 0.222. The number of carbonyl (C=O) groups excluding carboxylic acids is 1. The predicted octanol–water partition coefficient (Wildman–Crippen LogP) is 3.68. The van der Waals surface area contributed by atoms with Crippen LogP contribution in [-0.2, 0) is 4.79 Å². The van der Waals surface area contributed by atoms with Crippen LogP contribution in [0.5, 0.6) is 5.75 Å². The molecule has 1 unspecified atom stereocenters. The summed E-state index contributed by atoms with van der Waals surface area (Å²) in [6.07, 6.45) is -0.702. The molecule has 0 fully saturated rings. The van der Waals surface area contributed by atoms with E-state index in [1.165, 1.54) is 0 Å². The van der Waals surface area contributed by atoms with Crippen LogP contribution in [0.2, 0.25) is 5.02 Å². The zero-order valence-corrected chi connectivity index (χ0v) is 14.5. The number of hydrogen-bond donors (Lipinski definition) is 1. The quantitative estimate of drug-likeness (QED) is 0.899. The number of amides is 1. The molecule has 0 bridgehead atoms. The second kappa shape index (κ2) is 7.71. The monoisotopic (exact) mass is 343 g/mol. The molecule has 6 heteroatoms. The number of ether oxygens (including phenoxy) is 1. The normalized spacial score (nSPS) is 11.3. The van der Waals surface area contributed by atoms with Gasteiger partial charge in [-0.3, -0.25) is 4.79 Å². The van der Waals surface area contributed by atoms with Crippen LogP contribution in [0.25, 0.3) is 0 Å². The summed E-state index contributed by atoms with van der Waals surface area (Å²) in [4.78, 5) is 14.3. The molecule has 0 aliphatic rings. The van der Waals surface area contributed by atoms with Crippen LogP contribution < -0.4 is 15.0 Å². The maximum atomic E-state index is 12.4. The molecule has 0 saturated carbocycles. The van der Waals surface area contributed by atoms with Gasteiger partial charge in [-0.25, -0.2) is 0 Å². The Labute approximate surface area is 146 Å². The zero-order valence-electron chi connectivity index (χ0n) is 13.7. The Bertz CT molecular complexity index is 767. The number of benzene rings is 2. The molecule has 24 heavy (non-hydrogen) atoms. The minimum absolute atomic E-state index is 0.287. The van der Waals surface area contributed by atoms with E-state index >= 15 is 0 Å². The van der Waals surface area contributed by atoms with Crippen molar-refractivity contribution < 1.29 is 9.53 Å². The SMILES string of the molecule is CC(Oc1ccc(C#N)cc1)C(=O)Nc1cc(Cl)ccc1N(C)C. The maximum Gasteiger partial charge on any atom is 0.265 e. The number of anilines is 2. The van der Waals surface area contributed by atoms with Crippen LogP contribution in [0, 0.1) is 11.3 Å². The average Bonchev–Trinajstić information content (AvgIpc) is 2.55. The minimum Gasteiger partial charge on any atom is -0.481 e. The van der Waals surface area contributed by atoms with Gasteiger partial charge < -0.3 is 15.0 Å². The summed E-state index contributed by atoms with van der Waals surface area (Å²) in [5.41, 5.74) is 2.00. The smallest absolute Gasteiger partial charge is 0.265 e. The van der Waals surface area contributed by atoms with E-state index in [0.29, 0.717) is 22.0 Å². The van der Waals surface area contributed by atoms with Gasteiger partial charge in [0.15, 0.2) is 6.10 Å². The van der Waals surface area contributed by atoms with E-state index in [-0.39, 0.29) is 5.91 Å². The number of halogens is 1. The molecule has 0 heterocycles. The largest absolute Gasteiger partial charge is 0.481 e. The topological polar surface area (TPSA) is 65.4 Å². The minimum atomic E-state index is -0.702. The summed E-state index contributed by atoms with van der Waals surface area (Å²) in [6, 6.07) is 13.9. The van der Waals surface area contributed by atoms with E-state index in [9.17, 15) is 4.79 Å². The first-order valence-corrected chi connectivity index (χ1v) is 7.73. The number of hydrogen-bond acceptors (Lipinski definition) is 4. The van der Waals surface area contributed by atoms with Crippen LogP contribution in [0.3, 0.4) is 0 Å². The van der Waals surface area contributed by atoms with Crippen molar-refractivity contribution in [3.05, 3.63) is 53.1 Å². The van der Waals surface area contributed by atoms with E-state index in [2.05, 4.69) is 5.32 Å². The second-order valence-electron chi connectivity index (χ2n) is 5.44. The molecule has 0 aliphatic heterocycles. The first kappa shape index (κ1) is 17.6. The summed E-state index contributed by atoms with van der Waals surface area (Å²) in [5.74, 6) is 0.236. The summed E-state index contributed by atoms with van der Waals surface area (Å²) in [6.45, 7) is 1.66. The van der Waals surface area contributed by atoms with Crippen molar-refractivity contribution in [2.24, 2.45) is 0 Å². The summed E-state index contributed by atoms with van der Waals surface area (Å²) in [7, 11) is 3.77. The van der Waals surface area contributed by atoms with Gasteiger partial charge in [-0.05, 0) is 49.4 Å². The average molecular weight is 344 g/mol. The molecule has 0 saturated heterocycles. The van der Waals surface area contributed by atoms with Gasteiger partial charge in [-0.15, -0.1) is 0 Å². The highest BCUT2D eigenvalue weighted by molar-refractivity contribution is 6.31. The van der Waals surface area contributed by atoms with Crippen molar-refractivity contribution in [3.8, 4) is 11.8 Å².